The molecule has 0 fully saturated rings. The van der Waals surface area contributed by atoms with Crippen molar-refractivity contribution in [2.24, 2.45) is 0 Å². The molecule has 1 aromatic heterocycles. The topological polar surface area (TPSA) is 48.4 Å². The Morgan fingerprint density at radius 1 is 1.40 bits per heavy atom. The highest BCUT2D eigenvalue weighted by atomic mass is 32.1. The number of methoxy groups -OCH3 is 1. The van der Waals surface area contributed by atoms with Crippen molar-refractivity contribution in [3.63, 3.8) is 0 Å². The molecule has 2 aromatic rings. The Labute approximate surface area is 122 Å². The first-order valence-electron chi connectivity index (χ1n) is 6.47. The van der Waals surface area contributed by atoms with E-state index in [1.807, 2.05) is 29.6 Å². The van der Waals surface area contributed by atoms with Gasteiger partial charge in [0.15, 0.2) is 0 Å². The lowest BCUT2D eigenvalue weighted by molar-refractivity contribution is -0.139. The van der Waals surface area contributed by atoms with Crippen LogP contribution in [-0.2, 0) is 16.0 Å². The van der Waals surface area contributed by atoms with E-state index < -0.39 is 0 Å². The Bertz CT molecular complexity index is 580. The first-order chi connectivity index (χ1) is 9.72. The Balaban J connectivity index is 2.13. The molecule has 0 bridgehead atoms. The van der Waals surface area contributed by atoms with Crippen molar-refractivity contribution in [1.29, 1.82) is 0 Å². The molecule has 4 nitrogen and oxygen atoms in total. The summed E-state index contributed by atoms with van der Waals surface area (Å²) in [4.78, 5) is 15.7. The van der Waals surface area contributed by atoms with Crippen molar-refractivity contribution in [2.45, 2.75) is 19.8 Å². The van der Waals surface area contributed by atoms with Gasteiger partial charge in [0.25, 0.3) is 0 Å². The molecule has 0 N–H and O–H groups in total. The molecule has 1 aromatic carbocycles. The van der Waals surface area contributed by atoms with Gasteiger partial charge in [-0.05, 0) is 18.6 Å². The van der Waals surface area contributed by atoms with Gasteiger partial charge in [0, 0.05) is 10.9 Å². The minimum atomic E-state index is -0.276. The zero-order valence-electron chi connectivity index (χ0n) is 11.6. The molecule has 0 amide bonds. The standard InChI is InChI=1S/C15H17NO3S/c1-3-7-19-13-6-4-5-11(8-13)15-16-12(10-20-15)9-14(17)18-2/h4-6,8,10H,3,7,9H2,1-2H3. The van der Waals surface area contributed by atoms with Crippen LogP contribution >= 0.6 is 11.3 Å². The molecule has 0 unspecified atom stereocenters. The molecule has 1 heterocycles. The fraction of sp³-hybridized carbons (Fsp3) is 0.333. The van der Waals surface area contributed by atoms with E-state index in [1.54, 1.807) is 0 Å². The summed E-state index contributed by atoms with van der Waals surface area (Å²) in [5.41, 5.74) is 1.73. The van der Waals surface area contributed by atoms with Gasteiger partial charge in [-0.3, -0.25) is 4.79 Å². The summed E-state index contributed by atoms with van der Waals surface area (Å²) < 4.78 is 10.2. The molecule has 20 heavy (non-hydrogen) atoms. The van der Waals surface area contributed by atoms with Crippen LogP contribution in [0.4, 0.5) is 0 Å². The summed E-state index contributed by atoms with van der Waals surface area (Å²) >= 11 is 1.51. The normalized spacial score (nSPS) is 10.3. The third-order valence-electron chi connectivity index (χ3n) is 2.66. The van der Waals surface area contributed by atoms with E-state index in [0.717, 1.165) is 28.4 Å². The molecule has 2 rings (SSSR count). The predicted octanol–water partition coefficient (Wildman–Crippen LogP) is 3.31. The molecule has 0 aliphatic heterocycles. The highest BCUT2D eigenvalue weighted by Gasteiger charge is 2.09. The molecule has 0 aliphatic carbocycles. The third kappa shape index (κ3) is 3.81. The first-order valence-corrected chi connectivity index (χ1v) is 7.35. The van der Waals surface area contributed by atoms with Crippen LogP contribution in [0, 0.1) is 0 Å². The van der Waals surface area contributed by atoms with Gasteiger partial charge in [-0.25, -0.2) is 4.98 Å². The smallest absolute Gasteiger partial charge is 0.311 e. The fourth-order valence-electron chi connectivity index (χ4n) is 1.68. The van der Waals surface area contributed by atoms with Crippen LogP contribution < -0.4 is 4.74 Å². The number of rotatable bonds is 6. The predicted molar refractivity (Wildman–Crippen MR) is 79.1 cm³/mol. The van der Waals surface area contributed by atoms with Crippen LogP contribution in [0.1, 0.15) is 19.0 Å². The average molecular weight is 291 g/mol. The van der Waals surface area contributed by atoms with Gasteiger partial charge in [-0.15, -0.1) is 11.3 Å². The second kappa shape index (κ2) is 7.05. The minimum Gasteiger partial charge on any atom is -0.494 e. The van der Waals surface area contributed by atoms with Crippen molar-refractivity contribution in [3.8, 4) is 16.3 Å². The zero-order chi connectivity index (χ0) is 14.4. The monoisotopic (exact) mass is 291 g/mol. The summed E-state index contributed by atoms with van der Waals surface area (Å²) in [6.07, 6.45) is 1.18. The largest absolute Gasteiger partial charge is 0.494 e. The molecular weight excluding hydrogens is 274 g/mol. The van der Waals surface area contributed by atoms with Crippen LogP contribution in [0.5, 0.6) is 5.75 Å². The zero-order valence-corrected chi connectivity index (χ0v) is 12.4. The number of nitrogens with zero attached hydrogens (tertiary/aromatic N) is 1. The molecule has 0 spiro atoms. The van der Waals surface area contributed by atoms with Crippen molar-refractivity contribution < 1.29 is 14.3 Å². The molecule has 0 saturated heterocycles. The number of benzene rings is 1. The maximum absolute atomic E-state index is 11.2. The van der Waals surface area contributed by atoms with Crippen LogP contribution in [-0.4, -0.2) is 24.7 Å². The van der Waals surface area contributed by atoms with Crippen molar-refractivity contribution in [3.05, 3.63) is 35.3 Å². The minimum absolute atomic E-state index is 0.207. The fourth-order valence-corrected chi connectivity index (χ4v) is 2.50. The number of aromatic nitrogens is 1. The third-order valence-corrected chi connectivity index (χ3v) is 3.60. The molecule has 106 valence electrons. The van der Waals surface area contributed by atoms with Crippen LogP contribution in [0.3, 0.4) is 0 Å². The van der Waals surface area contributed by atoms with Gasteiger partial charge in [0.1, 0.15) is 10.8 Å². The van der Waals surface area contributed by atoms with E-state index in [1.165, 1.54) is 18.4 Å². The van der Waals surface area contributed by atoms with Gasteiger partial charge in [0.2, 0.25) is 0 Å². The van der Waals surface area contributed by atoms with Gasteiger partial charge < -0.3 is 9.47 Å². The number of hydrogen-bond acceptors (Lipinski definition) is 5. The van der Waals surface area contributed by atoms with E-state index >= 15 is 0 Å². The summed E-state index contributed by atoms with van der Waals surface area (Å²) in [6, 6.07) is 7.83. The van der Waals surface area contributed by atoms with Crippen molar-refractivity contribution in [1.82, 2.24) is 4.98 Å². The van der Waals surface area contributed by atoms with E-state index in [4.69, 9.17) is 4.74 Å². The van der Waals surface area contributed by atoms with Gasteiger partial charge in [-0.1, -0.05) is 19.1 Å². The van der Waals surface area contributed by atoms with E-state index in [0.29, 0.717) is 6.61 Å². The Hall–Kier alpha value is -1.88. The van der Waals surface area contributed by atoms with Crippen LogP contribution in [0.15, 0.2) is 29.6 Å². The van der Waals surface area contributed by atoms with E-state index in [-0.39, 0.29) is 12.4 Å². The van der Waals surface area contributed by atoms with Gasteiger partial charge in [0.05, 0.1) is 25.8 Å². The van der Waals surface area contributed by atoms with E-state index in [2.05, 4.69) is 16.6 Å². The average Bonchev–Trinajstić information content (AvgIpc) is 2.93. The summed E-state index contributed by atoms with van der Waals surface area (Å²) in [7, 11) is 1.38. The molecular formula is C15H17NO3S. The molecule has 0 aliphatic rings. The van der Waals surface area contributed by atoms with Crippen molar-refractivity contribution >= 4 is 17.3 Å². The van der Waals surface area contributed by atoms with E-state index in [9.17, 15) is 4.79 Å². The number of carbonyl (C=O) groups is 1. The number of carbonyl (C=O) groups excluding carboxylic acids is 1. The van der Waals surface area contributed by atoms with Crippen molar-refractivity contribution in [2.75, 3.05) is 13.7 Å². The lowest BCUT2D eigenvalue weighted by Gasteiger charge is -2.05. The summed E-state index contributed by atoms with van der Waals surface area (Å²) in [5, 5.41) is 2.76. The maximum Gasteiger partial charge on any atom is 0.311 e. The summed E-state index contributed by atoms with van der Waals surface area (Å²) in [6.45, 7) is 2.78. The molecule has 0 atom stereocenters. The second-order valence-corrected chi connectivity index (χ2v) is 5.13. The molecule has 5 heteroatoms. The second-order valence-electron chi connectivity index (χ2n) is 4.27. The quantitative estimate of drug-likeness (QED) is 0.766. The van der Waals surface area contributed by atoms with Gasteiger partial charge >= 0.3 is 5.97 Å². The lowest BCUT2D eigenvalue weighted by atomic mass is 10.2. The SMILES string of the molecule is CCCOc1cccc(-c2nc(CC(=O)OC)cs2)c1. The summed E-state index contributed by atoms with van der Waals surface area (Å²) in [5.74, 6) is 0.566. The maximum atomic E-state index is 11.2. The molecule has 0 radical (unpaired) electrons. The Morgan fingerprint density at radius 3 is 3.00 bits per heavy atom. The Kier molecular flexibility index (Phi) is 5.12. The Morgan fingerprint density at radius 2 is 2.25 bits per heavy atom. The number of esters is 1. The van der Waals surface area contributed by atoms with Crippen LogP contribution in [0.2, 0.25) is 0 Å². The lowest BCUT2D eigenvalue weighted by Crippen LogP contribution is -2.04. The number of hydrogen-bond donors (Lipinski definition) is 0. The highest BCUT2D eigenvalue weighted by Crippen LogP contribution is 2.27. The highest BCUT2D eigenvalue weighted by molar-refractivity contribution is 7.13. The number of ether oxygens (including phenoxy) is 2. The number of thiazole rings is 1. The van der Waals surface area contributed by atoms with Crippen LogP contribution in [0.25, 0.3) is 10.6 Å². The first kappa shape index (κ1) is 14.5. The van der Waals surface area contributed by atoms with Gasteiger partial charge in [-0.2, -0.15) is 0 Å². The molecule has 0 saturated carbocycles.